The highest BCUT2D eigenvalue weighted by Gasteiger charge is 2.49. The summed E-state index contributed by atoms with van der Waals surface area (Å²) in [5.41, 5.74) is -1.84. The van der Waals surface area contributed by atoms with E-state index in [1.165, 1.54) is 0 Å². The van der Waals surface area contributed by atoms with Crippen molar-refractivity contribution in [3.05, 3.63) is 60.7 Å². The molecule has 0 unspecified atom stereocenters. The van der Waals surface area contributed by atoms with E-state index >= 15 is 0 Å². The Morgan fingerprint density at radius 1 is 0.816 bits per heavy atom. The fourth-order valence-corrected chi connectivity index (χ4v) is 11.7. The van der Waals surface area contributed by atoms with Crippen molar-refractivity contribution in [2.45, 2.75) is 44.3 Å². The number of hydrogen-bond donors (Lipinski definition) is 0. The van der Waals surface area contributed by atoms with Gasteiger partial charge in [0.1, 0.15) is 18.2 Å². The monoisotopic (exact) mass is 585 g/mol. The van der Waals surface area contributed by atoms with E-state index in [-0.39, 0.29) is 5.97 Å². The number of esters is 1. The minimum absolute atomic E-state index is 0.282. The molecule has 3 aliphatic heterocycles. The Kier molecular flexibility index (Phi) is 7.77. The van der Waals surface area contributed by atoms with Crippen molar-refractivity contribution >= 4 is 74.1 Å². The van der Waals surface area contributed by atoms with Crippen LogP contribution in [0.25, 0.3) is 0 Å². The molecule has 0 radical (unpaired) electrons. The van der Waals surface area contributed by atoms with Crippen LogP contribution in [-0.4, -0.2) is 67.7 Å². The van der Waals surface area contributed by atoms with Gasteiger partial charge in [-0.25, -0.2) is 4.79 Å². The topological polar surface area (TPSA) is 80.5 Å². The number of ether oxygens (including phenoxy) is 1. The normalized spacial score (nSPS) is 29.1. The van der Waals surface area contributed by atoms with Gasteiger partial charge in [-0.15, -0.1) is 35.3 Å². The van der Waals surface area contributed by atoms with Gasteiger partial charge in [0, 0.05) is 27.9 Å². The second-order valence-corrected chi connectivity index (χ2v) is 16.1. The first-order valence-corrected chi connectivity index (χ1v) is 17.5. The highest BCUT2D eigenvalue weighted by atomic mass is 32.2. The molecule has 0 saturated heterocycles. The molecule has 38 heavy (non-hydrogen) atoms. The number of carbonyl (C=O) groups excluding carboxylic acids is 1. The van der Waals surface area contributed by atoms with Crippen LogP contribution in [0.2, 0.25) is 0 Å². The van der Waals surface area contributed by atoms with Gasteiger partial charge in [0.25, 0.3) is 0 Å². The summed E-state index contributed by atoms with van der Waals surface area (Å²) in [5, 5.41) is 4.47. The van der Waals surface area contributed by atoms with Crippen molar-refractivity contribution < 1.29 is 14.1 Å². The Morgan fingerprint density at radius 2 is 1.34 bits per heavy atom. The van der Waals surface area contributed by atoms with Gasteiger partial charge in [0.15, 0.2) is 5.54 Å². The van der Waals surface area contributed by atoms with Crippen molar-refractivity contribution in [2.75, 3.05) is 30.0 Å². The van der Waals surface area contributed by atoms with Crippen molar-refractivity contribution in [2.24, 2.45) is 15.0 Å². The fourth-order valence-electron chi connectivity index (χ4n) is 4.66. The average Bonchev–Trinajstić information content (AvgIpc) is 3.64. The predicted octanol–water partition coefficient (Wildman–Crippen LogP) is 5.28. The van der Waals surface area contributed by atoms with Crippen LogP contribution >= 0.6 is 42.4 Å². The molecule has 0 aromatic heterocycles. The standard InChI is InChI=1S/C28H32N3O3PS3/c1-5-34-25(32)28(4)19-38-24(31-28)27(3)18-37-23(30-27)26(2)17-36-22(29-26)16-35(33,20-12-8-6-9-13-20)21-14-10-7-11-15-21/h6-15H,5,16-19H2,1-4H3/t26-,27-,28-/m0/s1. The van der Waals surface area contributed by atoms with Crippen molar-refractivity contribution in [1.29, 1.82) is 0 Å². The quantitative estimate of drug-likeness (QED) is 0.310. The summed E-state index contributed by atoms with van der Waals surface area (Å²) < 4.78 is 19.8. The van der Waals surface area contributed by atoms with Crippen LogP contribution < -0.4 is 10.6 Å². The third kappa shape index (κ3) is 5.19. The summed E-state index contributed by atoms with van der Waals surface area (Å²) in [4.78, 5) is 27.6. The van der Waals surface area contributed by atoms with Gasteiger partial charge < -0.3 is 9.30 Å². The summed E-state index contributed by atoms with van der Waals surface area (Å²) in [5.74, 6) is 1.80. The molecule has 2 aromatic rings. The van der Waals surface area contributed by atoms with Gasteiger partial charge in [0.05, 0.1) is 27.9 Å². The molecule has 0 fully saturated rings. The smallest absolute Gasteiger partial charge is 0.334 e. The van der Waals surface area contributed by atoms with Crippen LogP contribution in [0.5, 0.6) is 0 Å². The number of aliphatic imine (C=N–C) groups is 3. The molecule has 0 aliphatic carbocycles. The van der Waals surface area contributed by atoms with E-state index in [9.17, 15) is 9.36 Å². The molecule has 0 saturated carbocycles. The molecule has 10 heteroatoms. The second kappa shape index (κ2) is 10.6. The largest absolute Gasteiger partial charge is 0.464 e. The molecule has 0 bridgehead atoms. The van der Waals surface area contributed by atoms with E-state index in [1.807, 2.05) is 74.5 Å². The molecule has 5 rings (SSSR count). The predicted molar refractivity (Wildman–Crippen MR) is 166 cm³/mol. The maximum atomic E-state index is 14.6. The Balaban J connectivity index is 1.41. The van der Waals surface area contributed by atoms with Crippen molar-refractivity contribution in [1.82, 2.24) is 0 Å². The van der Waals surface area contributed by atoms with Gasteiger partial charge in [-0.2, -0.15) is 0 Å². The molecule has 3 atom stereocenters. The van der Waals surface area contributed by atoms with Gasteiger partial charge in [-0.3, -0.25) is 15.0 Å². The lowest BCUT2D eigenvalue weighted by Gasteiger charge is -2.21. The van der Waals surface area contributed by atoms with E-state index in [0.717, 1.165) is 37.2 Å². The first-order valence-electron chi connectivity index (χ1n) is 12.7. The highest BCUT2D eigenvalue weighted by Crippen LogP contribution is 2.48. The molecule has 2 aromatic carbocycles. The Labute approximate surface area is 237 Å². The Hall–Kier alpha value is -1.80. The number of carbonyl (C=O) groups is 1. The zero-order chi connectivity index (χ0) is 27.0. The number of benzene rings is 2. The molecule has 3 heterocycles. The number of nitrogens with zero attached hydrogens (tertiary/aromatic N) is 3. The van der Waals surface area contributed by atoms with Gasteiger partial charge in [-0.05, 0) is 27.7 Å². The summed E-state index contributed by atoms with van der Waals surface area (Å²) in [6.07, 6.45) is 0.400. The van der Waals surface area contributed by atoms with Crippen LogP contribution in [0.1, 0.15) is 27.7 Å². The van der Waals surface area contributed by atoms with Crippen LogP contribution in [-0.2, 0) is 14.1 Å². The van der Waals surface area contributed by atoms with Gasteiger partial charge in [-0.1, -0.05) is 60.7 Å². The molecule has 0 amide bonds. The molecule has 0 N–H and O–H groups in total. The summed E-state index contributed by atoms with van der Waals surface area (Å²) in [6.45, 7) is 8.20. The van der Waals surface area contributed by atoms with E-state index in [0.29, 0.717) is 18.5 Å². The maximum Gasteiger partial charge on any atom is 0.334 e. The number of thioether (sulfide) groups is 3. The molecular formula is C28H32N3O3PS3. The first kappa shape index (κ1) is 27.8. The number of rotatable bonds is 8. The van der Waals surface area contributed by atoms with Crippen LogP contribution in [0.3, 0.4) is 0 Å². The Bertz CT molecular complexity index is 1320. The zero-order valence-corrected chi connectivity index (χ0v) is 25.4. The molecular weight excluding hydrogens is 554 g/mol. The molecule has 200 valence electrons. The van der Waals surface area contributed by atoms with Crippen LogP contribution in [0.4, 0.5) is 0 Å². The van der Waals surface area contributed by atoms with Crippen LogP contribution in [0, 0.1) is 0 Å². The summed E-state index contributed by atoms with van der Waals surface area (Å²) >= 11 is 4.99. The molecule has 0 spiro atoms. The van der Waals surface area contributed by atoms with Gasteiger partial charge in [0.2, 0.25) is 0 Å². The second-order valence-electron chi connectivity index (χ2n) is 10.3. The highest BCUT2D eigenvalue weighted by molar-refractivity contribution is 8.17. The van der Waals surface area contributed by atoms with Crippen molar-refractivity contribution in [3.63, 3.8) is 0 Å². The molecule has 6 nitrogen and oxygen atoms in total. The van der Waals surface area contributed by atoms with Crippen LogP contribution in [0.15, 0.2) is 75.6 Å². The Morgan fingerprint density at radius 3 is 1.95 bits per heavy atom. The fraction of sp³-hybridized carbons (Fsp3) is 0.429. The third-order valence-electron chi connectivity index (χ3n) is 6.91. The van der Waals surface area contributed by atoms with E-state index < -0.39 is 23.8 Å². The lowest BCUT2D eigenvalue weighted by Crippen LogP contribution is -2.36. The van der Waals surface area contributed by atoms with E-state index in [4.69, 9.17) is 19.7 Å². The number of hydrogen-bond acceptors (Lipinski definition) is 9. The lowest BCUT2D eigenvalue weighted by molar-refractivity contribution is -0.147. The summed E-state index contributed by atoms with van der Waals surface area (Å²) in [6, 6.07) is 19.5. The van der Waals surface area contributed by atoms with E-state index in [2.05, 4.69) is 13.8 Å². The minimum Gasteiger partial charge on any atom is -0.464 e. The average molecular weight is 586 g/mol. The maximum absolute atomic E-state index is 14.6. The first-order chi connectivity index (χ1) is 18.1. The zero-order valence-electron chi connectivity index (χ0n) is 22.0. The molecule has 3 aliphatic rings. The minimum atomic E-state index is -2.90. The SMILES string of the molecule is CCOC(=O)[C@]1(C)CSC([C@]2(C)CSC([C@]3(C)CSC(CP(=O)(c4ccccc4)c4ccccc4)=N3)=N2)=N1. The lowest BCUT2D eigenvalue weighted by atomic mass is 10.0. The van der Waals surface area contributed by atoms with Gasteiger partial charge >= 0.3 is 5.97 Å². The van der Waals surface area contributed by atoms with E-state index in [1.54, 1.807) is 35.3 Å². The summed E-state index contributed by atoms with van der Waals surface area (Å²) in [7, 11) is -2.90. The van der Waals surface area contributed by atoms with Crippen molar-refractivity contribution in [3.8, 4) is 0 Å². The third-order valence-corrected chi connectivity index (χ3v) is 14.4.